The van der Waals surface area contributed by atoms with Gasteiger partial charge < -0.3 is 9.73 Å². The van der Waals surface area contributed by atoms with E-state index in [0.29, 0.717) is 16.4 Å². The third kappa shape index (κ3) is 4.37. The molecule has 6 nitrogen and oxygen atoms in total. The lowest BCUT2D eigenvalue weighted by atomic mass is 9.77. The average Bonchev–Trinajstić information content (AvgIpc) is 3.16. The molecule has 2 heterocycles. The number of hydrogen-bond donors (Lipinski definition) is 1. The number of aromatic nitrogens is 1. The third-order valence-corrected chi connectivity index (χ3v) is 8.86. The topological polar surface area (TPSA) is 89.3 Å². The van der Waals surface area contributed by atoms with E-state index >= 15 is 0 Å². The second kappa shape index (κ2) is 8.46. The van der Waals surface area contributed by atoms with Crippen LogP contribution in [-0.2, 0) is 16.4 Å². The van der Waals surface area contributed by atoms with Gasteiger partial charge in [-0.1, -0.05) is 32.9 Å². The minimum atomic E-state index is -3.40. The highest BCUT2D eigenvalue weighted by atomic mass is 32.2. The van der Waals surface area contributed by atoms with Crippen LogP contribution in [0.4, 0.5) is 0 Å². The molecular formula is C24H28N2O4S. The molecule has 1 fully saturated rings. The van der Waals surface area contributed by atoms with E-state index in [9.17, 15) is 13.2 Å². The molecular weight excluding hydrogens is 412 g/mol. The van der Waals surface area contributed by atoms with Crippen LogP contribution in [0.25, 0.3) is 11.0 Å². The van der Waals surface area contributed by atoms with Gasteiger partial charge in [-0.3, -0.25) is 9.78 Å². The predicted molar refractivity (Wildman–Crippen MR) is 119 cm³/mol. The van der Waals surface area contributed by atoms with Crippen LogP contribution in [0.5, 0.6) is 0 Å². The molecule has 164 valence electrons. The maximum atomic E-state index is 13.3. The van der Waals surface area contributed by atoms with E-state index in [4.69, 9.17) is 4.42 Å². The molecule has 1 aliphatic carbocycles. The molecule has 4 rings (SSSR count). The summed E-state index contributed by atoms with van der Waals surface area (Å²) in [5.41, 5.74) is 1.38. The van der Waals surface area contributed by atoms with Crippen molar-refractivity contribution < 1.29 is 17.6 Å². The first-order valence-electron chi connectivity index (χ1n) is 10.7. The van der Waals surface area contributed by atoms with E-state index in [1.807, 2.05) is 13.8 Å². The number of nitrogens with zero attached hydrogens (tertiary/aromatic N) is 1. The van der Waals surface area contributed by atoms with Gasteiger partial charge in [-0.15, -0.1) is 0 Å². The SMILES string of the molecule is CC1CC(C)C(S(=O)(=O)c2ccc(CNC(=O)c3cc4ccncc4o3)cc2)C(C)C1. The number of carbonyl (C=O) groups excluding carboxylic acids is 1. The van der Waals surface area contributed by atoms with Crippen molar-refractivity contribution in [2.45, 2.75) is 50.3 Å². The van der Waals surface area contributed by atoms with Crippen LogP contribution in [-0.4, -0.2) is 24.6 Å². The molecule has 2 atom stereocenters. The van der Waals surface area contributed by atoms with Crippen molar-refractivity contribution >= 4 is 26.7 Å². The largest absolute Gasteiger partial charge is 0.449 e. The van der Waals surface area contributed by atoms with E-state index in [2.05, 4.69) is 17.2 Å². The molecule has 0 spiro atoms. The molecule has 2 aromatic heterocycles. The lowest BCUT2D eigenvalue weighted by Gasteiger charge is -2.37. The summed E-state index contributed by atoms with van der Waals surface area (Å²) in [6.45, 7) is 6.57. The van der Waals surface area contributed by atoms with Crippen molar-refractivity contribution in [1.29, 1.82) is 0 Å². The minimum absolute atomic E-state index is 0.140. The zero-order valence-electron chi connectivity index (χ0n) is 18.0. The highest BCUT2D eigenvalue weighted by Gasteiger charge is 2.40. The van der Waals surface area contributed by atoms with Gasteiger partial charge in [0.05, 0.1) is 16.3 Å². The molecule has 1 amide bonds. The first-order valence-corrected chi connectivity index (χ1v) is 12.2. The number of hydrogen-bond acceptors (Lipinski definition) is 5. The number of fused-ring (bicyclic) bond motifs is 1. The van der Waals surface area contributed by atoms with Crippen molar-refractivity contribution in [3.8, 4) is 0 Å². The van der Waals surface area contributed by atoms with Gasteiger partial charge in [0.1, 0.15) is 0 Å². The molecule has 2 unspecified atom stereocenters. The molecule has 1 aliphatic rings. The van der Waals surface area contributed by atoms with Crippen LogP contribution >= 0.6 is 0 Å². The summed E-state index contributed by atoms with van der Waals surface area (Å²) in [7, 11) is -3.40. The van der Waals surface area contributed by atoms with Gasteiger partial charge in [0.25, 0.3) is 5.91 Å². The van der Waals surface area contributed by atoms with Gasteiger partial charge in [0, 0.05) is 18.1 Å². The Morgan fingerprint density at radius 2 is 1.77 bits per heavy atom. The molecule has 7 heteroatoms. The maximum Gasteiger partial charge on any atom is 0.287 e. The second-order valence-electron chi connectivity index (χ2n) is 8.89. The highest BCUT2D eigenvalue weighted by molar-refractivity contribution is 7.92. The monoisotopic (exact) mass is 440 g/mol. The number of nitrogens with one attached hydrogen (secondary N) is 1. The Bertz CT molecular complexity index is 1140. The lowest BCUT2D eigenvalue weighted by molar-refractivity contribution is 0.0925. The Labute approximate surface area is 183 Å². The summed E-state index contributed by atoms with van der Waals surface area (Å²) in [5.74, 6) is 0.734. The number of furan rings is 1. The van der Waals surface area contributed by atoms with Crippen molar-refractivity contribution in [2.75, 3.05) is 0 Å². The Hall–Kier alpha value is -2.67. The van der Waals surface area contributed by atoms with E-state index in [1.54, 1.807) is 48.8 Å². The van der Waals surface area contributed by atoms with Gasteiger partial charge in [-0.2, -0.15) is 0 Å². The van der Waals surface area contributed by atoms with E-state index in [1.165, 1.54) is 0 Å². The zero-order chi connectivity index (χ0) is 22.2. The molecule has 31 heavy (non-hydrogen) atoms. The molecule has 0 radical (unpaired) electrons. The van der Waals surface area contributed by atoms with Gasteiger partial charge in [0.2, 0.25) is 0 Å². The second-order valence-corrected chi connectivity index (χ2v) is 11.0. The summed E-state index contributed by atoms with van der Waals surface area (Å²) in [5, 5.41) is 3.28. The van der Waals surface area contributed by atoms with Crippen molar-refractivity contribution in [1.82, 2.24) is 10.3 Å². The minimum Gasteiger partial charge on any atom is -0.449 e. The van der Waals surface area contributed by atoms with Crippen LogP contribution in [0.1, 0.15) is 49.7 Å². The Morgan fingerprint density at radius 1 is 1.10 bits per heavy atom. The fourth-order valence-electron chi connectivity index (χ4n) is 5.03. The summed E-state index contributed by atoms with van der Waals surface area (Å²) in [4.78, 5) is 16.7. The number of sulfone groups is 1. The van der Waals surface area contributed by atoms with E-state index in [0.717, 1.165) is 23.8 Å². The normalized spacial score (nSPS) is 24.2. The van der Waals surface area contributed by atoms with Crippen molar-refractivity contribution in [3.63, 3.8) is 0 Å². The van der Waals surface area contributed by atoms with Crippen molar-refractivity contribution in [2.24, 2.45) is 17.8 Å². The highest BCUT2D eigenvalue weighted by Crippen LogP contribution is 2.39. The summed E-state index contributed by atoms with van der Waals surface area (Å²) in [6.07, 6.45) is 5.09. The molecule has 1 N–H and O–H groups in total. The first kappa shape index (κ1) is 21.6. The van der Waals surface area contributed by atoms with Crippen LogP contribution in [0.15, 0.2) is 58.1 Å². The molecule has 1 aromatic carbocycles. The summed E-state index contributed by atoms with van der Waals surface area (Å²) >= 11 is 0. The third-order valence-electron chi connectivity index (χ3n) is 6.28. The van der Waals surface area contributed by atoms with Crippen LogP contribution in [0.2, 0.25) is 0 Å². The van der Waals surface area contributed by atoms with Gasteiger partial charge in [0.15, 0.2) is 21.2 Å². The van der Waals surface area contributed by atoms with Crippen molar-refractivity contribution in [3.05, 3.63) is 60.1 Å². The predicted octanol–water partition coefficient (Wildman–Crippen LogP) is 4.60. The van der Waals surface area contributed by atoms with Crippen LogP contribution in [0, 0.1) is 17.8 Å². The van der Waals surface area contributed by atoms with Gasteiger partial charge >= 0.3 is 0 Å². The lowest BCUT2D eigenvalue weighted by Crippen LogP contribution is -2.39. The number of carbonyl (C=O) groups is 1. The summed E-state index contributed by atoms with van der Waals surface area (Å²) < 4.78 is 32.1. The summed E-state index contributed by atoms with van der Waals surface area (Å²) in [6, 6.07) is 10.3. The van der Waals surface area contributed by atoms with Gasteiger partial charge in [-0.05, 0) is 60.4 Å². The number of pyridine rings is 1. The smallest absolute Gasteiger partial charge is 0.287 e. The Kier molecular flexibility index (Phi) is 5.88. The molecule has 0 saturated heterocycles. The molecule has 0 aliphatic heterocycles. The Balaban J connectivity index is 1.43. The number of amides is 1. The van der Waals surface area contributed by atoms with Crippen LogP contribution < -0.4 is 5.32 Å². The van der Waals surface area contributed by atoms with E-state index < -0.39 is 9.84 Å². The molecule has 1 saturated carbocycles. The zero-order valence-corrected chi connectivity index (χ0v) is 18.9. The van der Waals surface area contributed by atoms with Crippen LogP contribution in [0.3, 0.4) is 0 Å². The fraction of sp³-hybridized carbons (Fsp3) is 0.417. The van der Waals surface area contributed by atoms with Gasteiger partial charge in [-0.25, -0.2) is 8.42 Å². The van der Waals surface area contributed by atoms with E-state index in [-0.39, 0.29) is 35.3 Å². The molecule has 0 bridgehead atoms. The Morgan fingerprint density at radius 3 is 2.42 bits per heavy atom. The maximum absolute atomic E-state index is 13.3. The number of rotatable bonds is 5. The fourth-order valence-corrected chi connectivity index (χ4v) is 7.30. The average molecular weight is 441 g/mol. The quantitative estimate of drug-likeness (QED) is 0.626. The molecule has 3 aromatic rings. The first-order chi connectivity index (χ1) is 14.8. The number of benzene rings is 1. The standard InChI is InChI=1S/C24H28N2O4S/c1-15-10-16(2)23(17(3)11-15)31(28,29)20-6-4-18(5-7-20)13-26-24(27)21-12-19-8-9-25-14-22(19)30-21/h4-9,12,14-17,23H,10-11,13H2,1-3H3,(H,26,27).